The van der Waals surface area contributed by atoms with E-state index in [1.807, 2.05) is 6.92 Å². The summed E-state index contributed by atoms with van der Waals surface area (Å²) in [5, 5.41) is 3.13. The Hall–Kier alpha value is -0.960. The Kier molecular flexibility index (Phi) is 4.11. The number of amides is 1. The summed E-state index contributed by atoms with van der Waals surface area (Å²) < 4.78 is 5.11. The molecule has 2 atom stereocenters. The van der Waals surface area contributed by atoms with Gasteiger partial charge in [0.15, 0.2) is 0 Å². The molecule has 1 aromatic heterocycles. The van der Waals surface area contributed by atoms with E-state index in [0.29, 0.717) is 18.0 Å². The molecule has 1 aliphatic rings. The zero-order valence-electron chi connectivity index (χ0n) is 10.0. The second-order valence-electron chi connectivity index (χ2n) is 4.72. The van der Waals surface area contributed by atoms with Crippen molar-refractivity contribution < 1.29 is 9.21 Å². The van der Waals surface area contributed by atoms with Gasteiger partial charge in [0.25, 0.3) is 5.91 Å². The first-order valence-electron chi connectivity index (χ1n) is 6.14. The molecule has 4 heteroatoms. The van der Waals surface area contributed by atoms with Crippen LogP contribution in [-0.2, 0) is 0 Å². The predicted molar refractivity (Wildman–Crippen MR) is 67.4 cm³/mol. The molecular weight excluding hydrogens is 238 g/mol. The fourth-order valence-electron chi connectivity index (χ4n) is 2.28. The minimum absolute atomic E-state index is 0.0729. The number of aryl methyl sites for hydroxylation is 1. The van der Waals surface area contributed by atoms with Crippen molar-refractivity contribution in [2.24, 2.45) is 5.92 Å². The van der Waals surface area contributed by atoms with Gasteiger partial charge in [-0.2, -0.15) is 0 Å². The molecule has 2 rings (SSSR count). The first-order valence-corrected chi connectivity index (χ1v) is 6.58. The van der Waals surface area contributed by atoms with Crippen molar-refractivity contribution in [3.05, 3.63) is 23.7 Å². The average molecular weight is 256 g/mol. The zero-order valence-corrected chi connectivity index (χ0v) is 10.8. The second-order valence-corrected chi connectivity index (χ2v) is 5.28. The molecule has 0 aliphatic heterocycles. The van der Waals surface area contributed by atoms with Crippen LogP contribution in [0, 0.1) is 12.8 Å². The summed E-state index contributed by atoms with van der Waals surface area (Å²) in [5.74, 6) is 1.08. The van der Waals surface area contributed by atoms with Gasteiger partial charge in [-0.1, -0.05) is 12.8 Å². The molecule has 0 spiro atoms. The molecule has 1 saturated carbocycles. The highest BCUT2D eigenvalue weighted by Gasteiger charge is 2.23. The highest BCUT2D eigenvalue weighted by Crippen LogP contribution is 2.28. The van der Waals surface area contributed by atoms with Gasteiger partial charge >= 0.3 is 0 Å². The van der Waals surface area contributed by atoms with E-state index >= 15 is 0 Å². The van der Waals surface area contributed by atoms with E-state index in [0.717, 1.165) is 18.6 Å². The van der Waals surface area contributed by atoms with Crippen molar-refractivity contribution in [1.82, 2.24) is 5.32 Å². The maximum absolute atomic E-state index is 11.8. The minimum Gasteiger partial charge on any atom is -0.469 e. The molecule has 94 valence electrons. The maximum Gasteiger partial charge on any atom is 0.254 e. The summed E-state index contributed by atoms with van der Waals surface area (Å²) in [6.07, 6.45) is 6.09. The van der Waals surface area contributed by atoms with Crippen molar-refractivity contribution >= 4 is 17.5 Å². The summed E-state index contributed by atoms with van der Waals surface area (Å²) in [5.41, 5.74) is 0.587. The predicted octanol–water partition coefficient (Wildman–Crippen LogP) is 3.12. The van der Waals surface area contributed by atoms with Gasteiger partial charge in [-0.3, -0.25) is 4.79 Å². The average Bonchev–Trinajstić information content (AvgIpc) is 2.74. The Balaban J connectivity index is 1.83. The first kappa shape index (κ1) is 12.5. The third-order valence-electron chi connectivity index (χ3n) is 3.33. The number of carbonyl (C=O) groups excluding carboxylic acids is 1. The Morgan fingerprint density at radius 1 is 1.53 bits per heavy atom. The molecule has 0 aromatic carbocycles. The lowest BCUT2D eigenvalue weighted by Gasteiger charge is -2.26. The molecule has 1 heterocycles. The second kappa shape index (κ2) is 5.58. The zero-order chi connectivity index (χ0) is 12.3. The number of nitrogens with one attached hydrogen (secondary N) is 1. The quantitative estimate of drug-likeness (QED) is 0.844. The number of furan rings is 1. The Labute approximate surface area is 107 Å². The van der Waals surface area contributed by atoms with Crippen LogP contribution in [0.15, 0.2) is 16.7 Å². The van der Waals surface area contributed by atoms with Crippen molar-refractivity contribution in [2.45, 2.75) is 38.0 Å². The number of halogens is 1. The van der Waals surface area contributed by atoms with E-state index in [1.165, 1.54) is 19.1 Å². The van der Waals surface area contributed by atoms with Crippen molar-refractivity contribution in [3.63, 3.8) is 0 Å². The fraction of sp³-hybridized carbons (Fsp3) is 0.615. The Morgan fingerprint density at radius 3 is 2.94 bits per heavy atom. The number of hydrogen-bond acceptors (Lipinski definition) is 2. The van der Waals surface area contributed by atoms with Gasteiger partial charge in [-0.25, -0.2) is 0 Å². The van der Waals surface area contributed by atoms with E-state index in [4.69, 9.17) is 16.0 Å². The number of alkyl halides is 1. The van der Waals surface area contributed by atoms with Crippen LogP contribution >= 0.6 is 11.6 Å². The van der Waals surface area contributed by atoms with Crippen LogP contribution in [0.25, 0.3) is 0 Å². The molecule has 0 saturated heterocycles. The Bertz CT molecular complexity index is 389. The summed E-state index contributed by atoms with van der Waals surface area (Å²) >= 11 is 6.25. The molecule has 1 amide bonds. The molecule has 0 bridgehead atoms. The summed E-state index contributed by atoms with van der Waals surface area (Å²) in [6.45, 7) is 2.49. The van der Waals surface area contributed by atoms with E-state index in [2.05, 4.69) is 5.32 Å². The number of carbonyl (C=O) groups is 1. The van der Waals surface area contributed by atoms with Crippen molar-refractivity contribution in [2.75, 3.05) is 6.54 Å². The number of hydrogen-bond donors (Lipinski definition) is 1. The number of rotatable bonds is 3. The van der Waals surface area contributed by atoms with Crippen molar-refractivity contribution in [3.8, 4) is 0 Å². The van der Waals surface area contributed by atoms with Gasteiger partial charge < -0.3 is 9.73 Å². The lowest BCUT2D eigenvalue weighted by Crippen LogP contribution is -2.34. The first-order chi connectivity index (χ1) is 8.16. The highest BCUT2D eigenvalue weighted by molar-refractivity contribution is 6.20. The van der Waals surface area contributed by atoms with Crippen molar-refractivity contribution in [1.29, 1.82) is 0 Å². The lowest BCUT2D eigenvalue weighted by atomic mass is 9.88. The molecule has 1 aromatic rings. The van der Waals surface area contributed by atoms with E-state index in [1.54, 1.807) is 6.07 Å². The SMILES string of the molecule is Cc1cc(C(=O)NCC2CCCCC2Cl)co1. The summed E-state index contributed by atoms with van der Waals surface area (Å²) in [4.78, 5) is 11.8. The van der Waals surface area contributed by atoms with E-state index in [9.17, 15) is 4.79 Å². The van der Waals surface area contributed by atoms with Crippen LogP contribution in [-0.4, -0.2) is 17.8 Å². The highest BCUT2D eigenvalue weighted by atomic mass is 35.5. The largest absolute Gasteiger partial charge is 0.469 e. The monoisotopic (exact) mass is 255 g/mol. The van der Waals surface area contributed by atoms with Gasteiger partial charge in [-0.05, 0) is 31.7 Å². The third kappa shape index (κ3) is 3.25. The lowest BCUT2D eigenvalue weighted by molar-refractivity contribution is 0.0943. The van der Waals surface area contributed by atoms with Gasteiger partial charge in [0.05, 0.1) is 5.56 Å². The van der Waals surface area contributed by atoms with E-state index < -0.39 is 0 Å². The van der Waals surface area contributed by atoms with Gasteiger partial charge in [0.2, 0.25) is 0 Å². The van der Waals surface area contributed by atoms with Gasteiger partial charge in [0, 0.05) is 11.9 Å². The molecule has 1 fully saturated rings. The molecule has 1 aliphatic carbocycles. The summed E-state index contributed by atoms with van der Waals surface area (Å²) in [6, 6.07) is 1.74. The van der Waals surface area contributed by atoms with Crippen LogP contribution in [0.5, 0.6) is 0 Å². The van der Waals surface area contributed by atoms with Gasteiger partial charge in [0.1, 0.15) is 12.0 Å². The third-order valence-corrected chi connectivity index (χ3v) is 3.91. The minimum atomic E-state index is -0.0729. The van der Waals surface area contributed by atoms with Crippen LogP contribution in [0.3, 0.4) is 0 Å². The standard InChI is InChI=1S/C13H18ClNO2/c1-9-6-11(8-17-9)13(16)15-7-10-4-2-3-5-12(10)14/h6,8,10,12H,2-5,7H2,1H3,(H,15,16). The maximum atomic E-state index is 11.8. The van der Waals surface area contributed by atoms with E-state index in [-0.39, 0.29) is 11.3 Å². The van der Waals surface area contributed by atoms with Crippen LogP contribution in [0.1, 0.15) is 41.8 Å². The van der Waals surface area contributed by atoms with Crippen LogP contribution in [0.2, 0.25) is 0 Å². The molecule has 1 N–H and O–H groups in total. The molecule has 2 unspecified atom stereocenters. The molecule has 0 radical (unpaired) electrons. The Morgan fingerprint density at radius 2 is 2.29 bits per heavy atom. The van der Waals surface area contributed by atoms with Gasteiger partial charge in [-0.15, -0.1) is 11.6 Å². The smallest absolute Gasteiger partial charge is 0.254 e. The molecular formula is C13H18ClNO2. The fourth-order valence-corrected chi connectivity index (χ4v) is 2.65. The molecule has 3 nitrogen and oxygen atoms in total. The van der Waals surface area contributed by atoms with Crippen LogP contribution < -0.4 is 5.32 Å². The summed E-state index contributed by atoms with van der Waals surface area (Å²) in [7, 11) is 0. The van der Waals surface area contributed by atoms with Crippen LogP contribution in [0.4, 0.5) is 0 Å². The normalized spacial score (nSPS) is 24.6. The topological polar surface area (TPSA) is 42.2 Å². The molecule has 17 heavy (non-hydrogen) atoms.